The number of thioether (sulfide) groups is 2. The van der Waals surface area contributed by atoms with Gasteiger partial charge in [-0.05, 0) is 61.0 Å². The van der Waals surface area contributed by atoms with Gasteiger partial charge < -0.3 is 9.05 Å². The number of benzene rings is 2. The van der Waals surface area contributed by atoms with Gasteiger partial charge in [-0.1, -0.05) is 0 Å². The molecule has 0 radical (unpaired) electrons. The zero-order valence-corrected chi connectivity index (χ0v) is 14.1. The van der Waals surface area contributed by atoms with E-state index in [9.17, 15) is 9.46 Å². The van der Waals surface area contributed by atoms with Crippen molar-refractivity contribution in [3.63, 3.8) is 0 Å². The Balaban J connectivity index is 2.04. The van der Waals surface area contributed by atoms with Crippen LogP contribution in [0.25, 0.3) is 0 Å². The normalized spacial score (nSPS) is 11.2. The average Bonchev–Trinajstić information content (AvgIpc) is 2.48. The van der Waals surface area contributed by atoms with E-state index in [-0.39, 0.29) is 0 Å². The maximum absolute atomic E-state index is 12.0. The Bertz CT molecular complexity index is 575. The van der Waals surface area contributed by atoms with Crippen molar-refractivity contribution < 1.29 is 18.5 Å². The van der Waals surface area contributed by atoms with Crippen LogP contribution in [0.5, 0.6) is 11.5 Å². The molecule has 2 aromatic carbocycles. The fourth-order valence-electron chi connectivity index (χ4n) is 1.56. The van der Waals surface area contributed by atoms with Gasteiger partial charge in [-0.25, -0.2) is 4.57 Å². The van der Waals surface area contributed by atoms with E-state index in [0.717, 1.165) is 9.79 Å². The summed E-state index contributed by atoms with van der Waals surface area (Å²) >= 11 is 3.16. The molecule has 0 amide bonds. The lowest BCUT2D eigenvalue weighted by atomic mass is 10.3. The largest absolute Gasteiger partial charge is 0.584 e. The maximum Gasteiger partial charge on any atom is 0.584 e. The van der Waals surface area contributed by atoms with Gasteiger partial charge in [0.15, 0.2) is 0 Å². The lowest BCUT2D eigenvalue weighted by molar-refractivity contribution is 0.291. The molecule has 0 unspecified atom stereocenters. The molecule has 2 rings (SSSR count). The third kappa shape index (κ3) is 5.00. The first-order chi connectivity index (χ1) is 10.0. The lowest BCUT2D eigenvalue weighted by Gasteiger charge is -2.14. The summed E-state index contributed by atoms with van der Waals surface area (Å²) in [7, 11) is -4.20. The Morgan fingerprint density at radius 2 is 1.14 bits per heavy atom. The summed E-state index contributed by atoms with van der Waals surface area (Å²) in [6.07, 6.45) is 3.91. The first-order valence-electron chi connectivity index (χ1n) is 6.02. The summed E-state index contributed by atoms with van der Waals surface area (Å²) in [6.45, 7) is 0. The second kappa shape index (κ2) is 7.27. The molecule has 0 aromatic heterocycles. The van der Waals surface area contributed by atoms with E-state index < -0.39 is 7.82 Å². The Morgan fingerprint density at radius 3 is 1.43 bits per heavy atom. The van der Waals surface area contributed by atoms with Crippen LogP contribution in [0.15, 0.2) is 58.3 Å². The summed E-state index contributed by atoms with van der Waals surface area (Å²) in [4.78, 5) is 11.9. The molecule has 112 valence electrons. The van der Waals surface area contributed by atoms with Crippen molar-refractivity contribution >= 4 is 31.3 Å². The van der Waals surface area contributed by atoms with Crippen molar-refractivity contribution in [2.75, 3.05) is 12.5 Å². The molecule has 0 bridgehead atoms. The van der Waals surface area contributed by atoms with E-state index in [1.54, 1.807) is 47.8 Å². The molecule has 0 saturated heterocycles. The minimum absolute atomic E-state index is 0.291. The SMILES string of the molecule is CSc1ccc(OP(=O)(O)Oc2ccc(SC)cc2)cc1. The highest BCUT2D eigenvalue weighted by Crippen LogP contribution is 2.44. The van der Waals surface area contributed by atoms with E-state index in [1.807, 2.05) is 36.8 Å². The molecule has 0 spiro atoms. The highest BCUT2D eigenvalue weighted by atomic mass is 32.2. The van der Waals surface area contributed by atoms with Gasteiger partial charge in [0.25, 0.3) is 0 Å². The van der Waals surface area contributed by atoms with Gasteiger partial charge in [0.1, 0.15) is 11.5 Å². The van der Waals surface area contributed by atoms with Gasteiger partial charge in [-0.15, -0.1) is 23.5 Å². The fourth-order valence-corrected chi connectivity index (χ4v) is 3.19. The topological polar surface area (TPSA) is 55.8 Å². The lowest BCUT2D eigenvalue weighted by Crippen LogP contribution is -1.99. The van der Waals surface area contributed by atoms with Gasteiger partial charge >= 0.3 is 7.82 Å². The molecular weight excluding hydrogens is 327 g/mol. The van der Waals surface area contributed by atoms with Crippen molar-refractivity contribution in [3.8, 4) is 11.5 Å². The van der Waals surface area contributed by atoms with Gasteiger partial charge in [0, 0.05) is 9.79 Å². The van der Waals surface area contributed by atoms with Crippen LogP contribution in [0.2, 0.25) is 0 Å². The molecule has 4 nitrogen and oxygen atoms in total. The number of hydrogen-bond acceptors (Lipinski definition) is 5. The van der Waals surface area contributed by atoms with Crippen LogP contribution in [0.1, 0.15) is 0 Å². The zero-order valence-electron chi connectivity index (χ0n) is 11.6. The Morgan fingerprint density at radius 1 is 0.810 bits per heavy atom. The molecule has 0 aliphatic carbocycles. The summed E-state index contributed by atoms with van der Waals surface area (Å²) in [5, 5.41) is 0. The molecule has 21 heavy (non-hydrogen) atoms. The summed E-state index contributed by atoms with van der Waals surface area (Å²) in [5.41, 5.74) is 0. The summed E-state index contributed by atoms with van der Waals surface area (Å²) < 4.78 is 22.0. The molecule has 0 saturated carbocycles. The minimum Gasteiger partial charge on any atom is -0.395 e. The number of rotatable bonds is 6. The quantitative estimate of drug-likeness (QED) is 0.607. The monoisotopic (exact) mass is 342 g/mol. The van der Waals surface area contributed by atoms with E-state index in [1.165, 1.54) is 0 Å². The first-order valence-corrected chi connectivity index (χ1v) is 9.97. The van der Waals surface area contributed by atoms with Crippen LogP contribution < -0.4 is 9.05 Å². The van der Waals surface area contributed by atoms with Crippen molar-refractivity contribution in [2.24, 2.45) is 0 Å². The van der Waals surface area contributed by atoms with Crippen LogP contribution in [-0.4, -0.2) is 17.4 Å². The Hall–Kier alpha value is -1.07. The molecule has 1 N–H and O–H groups in total. The molecule has 0 fully saturated rings. The molecule has 0 atom stereocenters. The van der Waals surface area contributed by atoms with Crippen molar-refractivity contribution in [1.82, 2.24) is 0 Å². The van der Waals surface area contributed by atoms with E-state index in [4.69, 9.17) is 9.05 Å². The number of phosphoric ester groups is 1. The Labute approximate surface area is 132 Å². The average molecular weight is 342 g/mol. The van der Waals surface area contributed by atoms with Gasteiger partial charge in [-0.3, -0.25) is 4.89 Å². The molecule has 0 heterocycles. The number of hydrogen-bond donors (Lipinski definition) is 1. The highest BCUT2D eigenvalue weighted by molar-refractivity contribution is 7.98. The second-order valence-electron chi connectivity index (χ2n) is 4.00. The summed E-state index contributed by atoms with van der Waals surface area (Å²) in [6, 6.07) is 13.8. The number of phosphoric acid groups is 1. The van der Waals surface area contributed by atoms with Crippen molar-refractivity contribution in [1.29, 1.82) is 0 Å². The molecule has 0 aliphatic rings. The molecular formula is C14H15O4PS2. The third-order valence-electron chi connectivity index (χ3n) is 2.56. The zero-order chi connectivity index (χ0) is 15.3. The first kappa shape index (κ1) is 16.3. The van der Waals surface area contributed by atoms with Crippen LogP contribution in [0.3, 0.4) is 0 Å². The standard InChI is InChI=1S/C14H15O4PS2/c1-20-13-7-3-11(4-8-13)17-19(15,16)18-12-5-9-14(21-2)10-6-12/h3-10H,1-2H3,(H,15,16). The van der Waals surface area contributed by atoms with Gasteiger partial charge in [0.2, 0.25) is 0 Å². The predicted octanol–water partition coefficient (Wildman–Crippen LogP) is 4.69. The highest BCUT2D eigenvalue weighted by Gasteiger charge is 2.24. The second-order valence-corrected chi connectivity index (χ2v) is 7.06. The van der Waals surface area contributed by atoms with E-state index in [2.05, 4.69) is 0 Å². The smallest absolute Gasteiger partial charge is 0.395 e. The Kier molecular flexibility index (Phi) is 5.65. The third-order valence-corrected chi connectivity index (χ3v) is 4.93. The predicted molar refractivity (Wildman–Crippen MR) is 87.5 cm³/mol. The van der Waals surface area contributed by atoms with E-state index in [0.29, 0.717) is 11.5 Å². The maximum atomic E-state index is 12.0. The fraction of sp³-hybridized carbons (Fsp3) is 0.143. The van der Waals surface area contributed by atoms with Crippen LogP contribution in [0, 0.1) is 0 Å². The van der Waals surface area contributed by atoms with Crippen molar-refractivity contribution in [3.05, 3.63) is 48.5 Å². The molecule has 2 aromatic rings. The molecule has 0 aliphatic heterocycles. The minimum atomic E-state index is -4.20. The van der Waals surface area contributed by atoms with Crippen molar-refractivity contribution in [2.45, 2.75) is 9.79 Å². The molecule has 7 heteroatoms. The summed E-state index contributed by atoms with van der Waals surface area (Å²) in [5.74, 6) is 0.582. The van der Waals surface area contributed by atoms with Crippen LogP contribution in [0.4, 0.5) is 0 Å². The van der Waals surface area contributed by atoms with Crippen LogP contribution in [-0.2, 0) is 4.57 Å². The van der Waals surface area contributed by atoms with Gasteiger partial charge in [-0.2, -0.15) is 0 Å². The van der Waals surface area contributed by atoms with Gasteiger partial charge in [0.05, 0.1) is 0 Å². The van der Waals surface area contributed by atoms with E-state index >= 15 is 0 Å². The van der Waals surface area contributed by atoms with Crippen LogP contribution >= 0.6 is 31.3 Å².